The van der Waals surface area contributed by atoms with Gasteiger partial charge < -0.3 is 24.5 Å². The number of aliphatic imine (C=N–C) groups is 1. The van der Waals surface area contributed by atoms with Gasteiger partial charge in [0.25, 0.3) is 0 Å². The van der Waals surface area contributed by atoms with Gasteiger partial charge in [-0.2, -0.15) is 0 Å². The van der Waals surface area contributed by atoms with Crippen molar-refractivity contribution in [1.29, 1.82) is 0 Å². The lowest BCUT2D eigenvalue weighted by Crippen LogP contribution is -2.42. The number of methoxy groups -OCH3 is 2. The van der Waals surface area contributed by atoms with Gasteiger partial charge in [-0.15, -0.1) is 0 Å². The Morgan fingerprint density at radius 3 is 2.66 bits per heavy atom. The molecule has 0 amide bonds. The summed E-state index contributed by atoms with van der Waals surface area (Å²) in [6.45, 7) is 6.31. The number of guanidine groups is 1. The van der Waals surface area contributed by atoms with Gasteiger partial charge in [0, 0.05) is 24.7 Å². The van der Waals surface area contributed by atoms with Crippen molar-refractivity contribution in [2.45, 2.75) is 32.4 Å². The predicted octanol–water partition coefficient (Wildman–Crippen LogP) is 3.19. The maximum atomic E-state index is 5.71. The first-order valence-electron chi connectivity index (χ1n) is 10.3. The van der Waals surface area contributed by atoms with Gasteiger partial charge in [0.1, 0.15) is 17.3 Å². The number of furan rings is 1. The van der Waals surface area contributed by atoms with Crippen molar-refractivity contribution < 1.29 is 13.9 Å². The molecule has 1 aromatic carbocycles. The topological polar surface area (TPSA) is 71.3 Å². The average Bonchev–Trinajstić information content (AvgIpc) is 3.47. The number of hydrogen-bond acceptors (Lipinski definition) is 5. The lowest BCUT2D eigenvalue weighted by Gasteiger charge is -2.26. The van der Waals surface area contributed by atoms with Crippen molar-refractivity contribution in [2.75, 3.05) is 40.4 Å². The van der Waals surface area contributed by atoms with Crippen LogP contribution < -0.4 is 20.1 Å². The molecule has 2 N–H and O–H groups in total. The zero-order valence-corrected chi connectivity index (χ0v) is 17.6. The van der Waals surface area contributed by atoms with Gasteiger partial charge in [0.05, 0.1) is 33.1 Å². The summed E-state index contributed by atoms with van der Waals surface area (Å²) in [4.78, 5) is 7.23. The molecule has 1 aliphatic rings. The van der Waals surface area contributed by atoms with Crippen LogP contribution in [0.25, 0.3) is 0 Å². The number of nitrogens with zero attached hydrogens (tertiary/aromatic N) is 2. The third kappa shape index (κ3) is 5.67. The molecule has 7 heteroatoms. The van der Waals surface area contributed by atoms with E-state index in [0.717, 1.165) is 55.0 Å². The van der Waals surface area contributed by atoms with E-state index in [1.54, 1.807) is 20.5 Å². The number of ether oxygens (including phenoxy) is 2. The Hall–Kier alpha value is -2.67. The monoisotopic (exact) mass is 400 g/mol. The van der Waals surface area contributed by atoms with E-state index >= 15 is 0 Å². The highest BCUT2D eigenvalue weighted by molar-refractivity contribution is 5.79. The fraction of sp³-hybridized carbons (Fsp3) is 0.500. The van der Waals surface area contributed by atoms with Crippen molar-refractivity contribution in [3.63, 3.8) is 0 Å². The fourth-order valence-electron chi connectivity index (χ4n) is 3.63. The summed E-state index contributed by atoms with van der Waals surface area (Å²) in [6.07, 6.45) is 4.22. The van der Waals surface area contributed by atoms with Gasteiger partial charge in [0.15, 0.2) is 5.96 Å². The average molecular weight is 401 g/mol. The Labute approximate surface area is 173 Å². The minimum atomic E-state index is 0.201. The second-order valence-electron chi connectivity index (χ2n) is 7.03. The normalized spacial score (nSPS) is 15.9. The minimum absolute atomic E-state index is 0.201. The third-order valence-electron chi connectivity index (χ3n) is 5.16. The van der Waals surface area contributed by atoms with Crippen LogP contribution in [0.2, 0.25) is 0 Å². The standard InChI is InChI=1S/C22H32N4O3/c1-4-23-22(24-15-17-9-10-18(27-2)14-21(17)28-3)25-16-19(20-8-7-13-29-20)26-11-5-6-12-26/h7-10,13-14,19H,4-6,11-12,15-16H2,1-3H3,(H2,23,24,25). The molecule has 1 saturated heterocycles. The Morgan fingerprint density at radius 2 is 2.00 bits per heavy atom. The van der Waals surface area contributed by atoms with E-state index in [4.69, 9.17) is 18.9 Å². The number of hydrogen-bond donors (Lipinski definition) is 2. The van der Waals surface area contributed by atoms with Gasteiger partial charge in [-0.1, -0.05) is 0 Å². The summed E-state index contributed by atoms with van der Waals surface area (Å²) in [5, 5.41) is 6.82. The number of benzene rings is 1. The molecule has 1 aliphatic heterocycles. The largest absolute Gasteiger partial charge is 0.497 e. The summed E-state index contributed by atoms with van der Waals surface area (Å²) in [6, 6.07) is 10.00. The molecule has 0 radical (unpaired) electrons. The summed E-state index contributed by atoms with van der Waals surface area (Å²) in [5.41, 5.74) is 1.01. The molecule has 0 aliphatic carbocycles. The summed E-state index contributed by atoms with van der Waals surface area (Å²) >= 11 is 0. The second-order valence-corrected chi connectivity index (χ2v) is 7.03. The van der Waals surface area contributed by atoms with Gasteiger partial charge in [0.2, 0.25) is 0 Å². The molecule has 7 nitrogen and oxygen atoms in total. The van der Waals surface area contributed by atoms with E-state index in [9.17, 15) is 0 Å². The number of likely N-dealkylation sites (tertiary alicyclic amines) is 1. The summed E-state index contributed by atoms with van der Waals surface area (Å²) < 4.78 is 16.5. The molecule has 2 heterocycles. The van der Waals surface area contributed by atoms with Crippen LogP contribution in [0.15, 0.2) is 46.0 Å². The van der Waals surface area contributed by atoms with Crippen molar-refractivity contribution in [3.8, 4) is 11.5 Å². The lowest BCUT2D eigenvalue weighted by atomic mass is 10.2. The Bertz CT molecular complexity index is 770. The van der Waals surface area contributed by atoms with E-state index < -0.39 is 0 Å². The maximum Gasteiger partial charge on any atom is 0.191 e. The Kier molecular flexibility index (Phi) is 7.81. The highest BCUT2D eigenvalue weighted by Gasteiger charge is 2.25. The SMILES string of the molecule is CCNC(=NCc1ccc(OC)cc1OC)NCC(c1ccco1)N1CCCC1. The van der Waals surface area contributed by atoms with E-state index in [2.05, 4.69) is 28.5 Å². The Morgan fingerprint density at radius 1 is 1.17 bits per heavy atom. The zero-order chi connectivity index (χ0) is 20.5. The van der Waals surface area contributed by atoms with Crippen LogP contribution in [0, 0.1) is 0 Å². The van der Waals surface area contributed by atoms with Crippen LogP contribution in [0.3, 0.4) is 0 Å². The Balaban J connectivity index is 1.68. The molecule has 0 spiro atoms. The molecule has 158 valence electrons. The molecule has 0 saturated carbocycles. The predicted molar refractivity (Wildman–Crippen MR) is 115 cm³/mol. The third-order valence-corrected chi connectivity index (χ3v) is 5.16. The first-order valence-corrected chi connectivity index (χ1v) is 10.3. The second kappa shape index (κ2) is 10.8. The van der Waals surface area contributed by atoms with Crippen molar-refractivity contribution in [1.82, 2.24) is 15.5 Å². The van der Waals surface area contributed by atoms with E-state index in [0.29, 0.717) is 6.54 Å². The van der Waals surface area contributed by atoms with Gasteiger partial charge >= 0.3 is 0 Å². The molecule has 1 unspecified atom stereocenters. The van der Waals surface area contributed by atoms with Crippen LogP contribution in [0.5, 0.6) is 11.5 Å². The highest BCUT2D eigenvalue weighted by Crippen LogP contribution is 2.26. The molecular formula is C22H32N4O3. The first-order chi connectivity index (χ1) is 14.2. The first kappa shape index (κ1) is 21.0. The molecular weight excluding hydrogens is 368 g/mol. The van der Waals surface area contributed by atoms with E-state index in [1.807, 2.05) is 24.3 Å². The molecule has 3 rings (SSSR count). The quantitative estimate of drug-likeness (QED) is 0.498. The van der Waals surface area contributed by atoms with Crippen molar-refractivity contribution in [2.24, 2.45) is 4.99 Å². The van der Waals surface area contributed by atoms with E-state index in [-0.39, 0.29) is 6.04 Å². The molecule has 1 fully saturated rings. The van der Waals surface area contributed by atoms with E-state index in [1.165, 1.54) is 12.8 Å². The van der Waals surface area contributed by atoms with Crippen molar-refractivity contribution >= 4 is 5.96 Å². The summed E-state index contributed by atoms with van der Waals surface area (Å²) in [5.74, 6) is 3.31. The van der Waals surface area contributed by atoms with Crippen molar-refractivity contribution in [3.05, 3.63) is 47.9 Å². The molecule has 1 aromatic heterocycles. The van der Waals surface area contributed by atoms with Gasteiger partial charge in [-0.25, -0.2) is 4.99 Å². The molecule has 29 heavy (non-hydrogen) atoms. The maximum absolute atomic E-state index is 5.71. The van der Waals surface area contributed by atoms with Crippen LogP contribution >= 0.6 is 0 Å². The van der Waals surface area contributed by atoms with Crippen LogP contribution in [0.1, 0.15) is 37.1 Å². The number of rotatable bonds is 9. The minimum Gasteiger partial charge on any atom is -0.497 e. The van der Waals surface area contributed by atoms with Crippen LogP contribution in [-0.4, -0.2) is 51.3 Å². The van der Waals surface area contributed by atoms with Crippen LogP contribution in [0.4, 0.5) is 0 Å². The molecule has 2 aromatic rings. The van der Waals surface area contributed by atoms with Gasteiger partial charge in [-0.3, -0.25) is 4.90 Å². The smallest absolute Gasteiger partial charge is 0.191 e. The van der Waals surface area contributed by atoms with Gasteiger partial charge in [-0.05, 0) is 57.1 Å². The molecule has 1 atom stereocenters. The summed E-state index contributed by atoms with van der Waals surface area (Å²) in [7, 11) is 3.31. The zero-order valence-electron chi connectivity index (χ0n) is 17.6. The molecule has 0 bridgehead atoms. The fourth-order valence-corrected chi connectivity index (χ4v) is 3.63. The lowest BCUT2D eigenvalue weighted by molar-refractivity contribution is 0.215. The number of nitrogens with one attached hydrogen (secondary N) is 2. The highest BCUT2D eigenvalue weighted by atomic mass is 16.5. The van der Waals surface area contributed by atoms with Crippen LogP contribution in [-0.2, 0) is 6.54 Å².